The molecule has 0 saturated heterocycles. The Bertz CT molecular complexity index is 684. The Balaban J connectivity index is 1.71. The fraction of sp³-hybridized carbons (Fsp3) is 0.400. The third kappa shape index (κ3) is 2.96. The molecule has 3 rings (SSSR count). The molecule has 4 nitrogen and oxygen atoms in total. The Morgan fingerprint density at radius 1 is 1.43 bits per heavy atom. The van der Waals surface area contributed by atoms with Crippen LogP contribution in [0.25, 0.3) is 0 Å². The number of halogens is 2. The van der Waals surface area contributed by atoms with Crippen molar-refractivity contribution in [2.75, 3.05) is 6.61 Å². The third-order valence-corrected chi connectivity index (χ3v) is 4.64. The molecule has 0 atom stereocenters. The zero-order valence-electron chi connectivity index (χ0n) is 12.0. The normalized spacial score (nSPS) is 13.3. The average molecular weight is 371 g/mol. The standard InChI is InChI=1S/C15H17BrClN3O/c1-9-14(17)13(20(2)19-9)8-18-7-11-6-12(16)5-10-3-4-21-15(10)11/h5-6,18H,3-4,7-8H2,1-2H3. The van der Waals surface area contributed by atoms with Crippen LogP contribution in [0.2, 0.25) is 5.02 Å². The summed E-state index contributed by atoms with van der Waals surface area (Å²) in [5, 5.41) is 8.48. The summed E-state index contributed by atoms with van der Waals surface area (Å²) in [5.41, 5.74) is 4.31. The van der Waals surface area contributed by atoms with Crippen molar-refractivity contribution in [3.05, 3.63) is 44.1 Å². The first-order valence-electron chi connectivity index (χ1n) is 6.89. The van der Waals surface area contributed by atoms with Crippen LogP contribution in [0.3, 0.4) is 0 Å². The molecule has 0 fully saturated rings. The number of aryl methyl sites for hydroxylation is 2. The third-order valence-electron chi connectivity index (χ3n) is 3.69. The monoisotopic (exact) mass is 369 g/mol. The summed E-state index contributed by atoms with van der Waals surface area (Å²) >= 11 is 9.82. The second-order valence-corrected chi connectivity index (χ2v) is 6.52. The number of benzene rings is 1. The van der Waals surface area contributed by atoms with E-state index in [2.05, 4.69) is 38.5 Å². The maximum atomic E-state index is 6.26. The van der Waals surface area contributed by atoms with E-state index in [1.807, 2.05) is 18.7 Å². The molecular formula is C15H17BrClN3O. The van der Waals surface area contributed by atoms with Crippen LogP contribution >= 0.6 is 27.5 Å². The van der Waals surface area contributed by atoms with E-state index in [9.17, 15) is 0 Å². The predicted octanol–water partition coefficient (Wildman–Crippen LogP) is 3.37. The molecule has 1 aliphatic rings. The molecular weight excluding hydrogens is 354 g/mol. The van der Waals surface area contributed by atoms with Gasteiger partial charge in [-0.25, -0.2) is 0 Å². The van der Waals surface area contributed by atoms with Gasteiger partial charge in [0.25, 0.3) is 0 Å². The minimum absolute atomic E-state index is 0.678. The van der Waals surface area contributed by atoms with Crippen molar-refractivity contribution in [3.63, 3.8) is 0 Å². The van der Waals surface area contributed by atoms with Crippen molar-refractivity contribution in [2.24, 2.45) is 7.05 Å². The lowest BCUT2D eigenvalue weighted by molar-refractivity contribution is 0.352. The minimum Gasteiger partial charge on any atom is -0.493 e. The predicted molar refractivity (Wildman–Crippen MR) is 86.8 cm³/mol. The van der Waals surface area contributed by atoms with E-state index in [0.29, 0.717) is 6.54 Å². The summed E-state index contributed by atoms with van der Waals surface area (Å²) in [4.78, 5) is 0. The molecule has 0 aliphatic carbocycles. The Morgan fingerprint density at radius 2 is 2.24 bits per heavy atom. The van der Waals surface area contributed by atoms with Crippen molar-refractivity contribution < 1.29 is 4.74 Å². The molecule has 21 heavy (non-hydrogen) atoms. The van der Waals surface area contributed by atoms with Gasteiger partial charge in [0.15, 0.2) is 0 Å². The van der Waals surface area contributed by atoms with Gasteiger partial charge in [0.2, 0.25) is 0 Å². The number of fused-ring (bicyclic) bond motifs is 1. The molecule has 1 aliphatic heterocycles. The first-order valence-corrected chi connectivity index (χ1v) is 8.06. The second kappa shape index (κ2) is 5.99. The number of hydrogen-bond donors (Lipinski definition) is 1. The summed E-state index contributed by atoms with van der Waals surface area (Å²) in [6.45, 7) is 4.10. The zero-order valence-corrected chi connectivity index (χ0v) is 14.4. The molecule has 6 heteroatoms. The fourth-order valence-electron chi connectivity index (χ4n) is 2.67. The van der Waals surface area contributed by atoms with Crippen LogP contribution in [0.5, 0.6) is 5.75 Å². The van der Waals surface area contributed by atoms with E-state index in [4.69, 9.17) is 16.3 Å². The van der Waals surface area contributed by atoms with Gasteiger partial charge in [0.1, 0.15) is 5.75 Å². The Morgan fingerprint density at radius 3 is 2.95 bits per heavy atom. The highest BCUT2D eigenvalue weighted by atomic mass is 79.9. The van der Waals surface area contributed by atoms with Crippen molar-refractivity contribution in [1.82, 2.24) is 15.1 Å². The summed E-state index contributed by atoms with van der Waals surface area (Å²) < 4.78 is 8.66. The Hall–Kier alpha value is -1.04. The molecule has 0 bridgehead atoms. The lowest BCUT2D eigenvalue weighted by Gasteiger charge is -2.11. The molecule has 0 saturated carbocycles. The largest absolute Gasteiger partial charge is 0.493 e. The van der Waals surface area contributed by atoms with E-state index in [0.717, 1.165) is 46.2 Å². The lowest BCUT2D eigenvalue weighted by Crippen LogP contribution is -2.16. The first kappa shape index (κ1) is 14.9. The number of hydrogen-bond acceptors (Lipinski definition) is 3. The van der Waals surface area contributed by atoms with E-state index < -0.39 is 0 Å². The number of nitrogens with zero attached hydrogens (tertiary/aromatic N) is 2. The minimum atomic E-state index is 0.678. The Labute approximate surface area is 137 Å². The molecule has 1 aromatic heterocycles. The smallest absolute Gasteiger partial charge is 0.127 e. The van der Waals surface area contributed by atoms with Gasteiger partial charge in [-0.1, -0.05) is 27.5 Å². The summed E-state index contributed by atoms with van der Waals surface area (Å²) in [6, 6.07) is 4.24. The summed E-state index contributed by atoms with van der Waals surface area (Å²) in [5.74, 6) is 1.03. The molecule has 0 unspecified atom stereocenters. The highest BCUT2D eigenvalue weighted by molar-refractivity contribution is 9.10. The van der Waals surface area contributed by atoms with E-state index >= 15 is 0 Å². The number of rotatable bonds is 4. The first-order chi connectivity index (χ1) is 10.1. The molecule has 1 N–H and O–H groups in total. The average Bonchev–Trinajstić information content (AvgIpc) is 2.98. The summed E-state index contributed by atoms with van der Waals surface area (Å²) in [6.07, 6.45) is 0.981. The van der Waals surface area contributed by atoms with E-state index in [1.54, 1.807) is 0 Å². The fourth-order valence-corrected chi connectivity index (χ4v) is 3.44. The van der Waals surface area contributed by atoms with Gasteiger partial charge in [0, 0.05) is 36.6 Å². The molecule has 112 valence electrons. The van der Waals surface area contributed by atoms with Crippen LogP contribution in [-0.4, -0.2) is 16.4 Å². The maximum absolute atomic E-state index is 6.26. The van der Waals surface area contributed by atoms with Gasteiger partial charge >= 0.3 is 0 Å². The molecule has 0 spiro atoms. The van der Waals surface area contributed by atoms with Crippen molar-refractivity contribution in [3.8, 4) is 5.75 Å². The van der Waals surface area contributed by atoms with Gasteiger partial charge in [0.05, 0.1) is 23.0 Å². The van der Waals surface area contributed by atoms with Gasteiger partial charge < -0.3 is 10.1 Å². The van der Waals surface area contributed by atoms with Gasteiger partial charge in [-0.15, -0.1) is 0 Å². The number of aromatic nitrogens is 2. The van der Waals surface area contributed by atoms with Crippen molar-refractivity contribution in [1.29, 1.82) is 0 Å². The molecule has 0 amide bonds. The SMILES string of the molecule is Cc1nn(C)c(CNCc2cc(Br)cc3c2OCC3)c1Cl. The van der Waals surface area contributed by atoms with Crippen LogP contribution in [0.1, 0.15) is 22.5 Å². The number of nitrogens with one attached hydrogen (secondary N) is 1. The van der Waals surface area contributed by atoms with Crippen molar-refractivity contribution in [2.45, 2.75) is 26.4 Å². The molecule has 0 radical (unpaired) electrons. The van der Waals surface area contributed by atoms with E-state index in [1.165, 1.54) is 11.1 Å². The van der Waals surface area contributed by atoms with Crippen LogP contribution in [0, 0.1) is 6.92 Å². The molecule has 1 aromatic carbocycles. The van der Waals surface area contributed by atoms with Gasteiger partial charge in [-0.05, 0) is 24.6 Å². The highest BCUT2D eigenvalue weighted by Crippen LogP contribution is 2.33. The van der Waals surface area contributed by atoms with Crippen LogP contribution < -0.4 is 10.1 Å². The topological polar surface area (TPSA) is 39.1 Å². The lowest BCUT2D eigenvalue weighted by atomic mass is 10.1. The quantitative estimate of drug-likeness (QED) is 0.897. The molecule has 2 heterocycles. The van der Waals surface area contributed by atoms with Crippen LogP contribution in [0.15, 0.2) is 16.6 Å². The van der Waals surface area contributed by atoms with E-state index in [-0.39, 0.29) is 0 Å². The van der Waals surface area contributed by atoms with Crippen LogP contribution in [-0.2, 0) is 26.6 Å². The van der Waals surface area contributed by atoms with Crippen LogP contribution in [0.4, 0.5) is 0 Å². The second-order valence-electron chi connectivity index (χ2n) is 5.22. The van der Waals surface area contributed by atoms with Gasteiger partial charge in [-0.2, -0.15) is 5.10 Å². The highest BCUT2D eigenvalue weighted by Gasteiger charge is 2.17. The molecule has 2 aromatic rings. The number of ether oxygens (including phenoxy) is 1. The van der Waals surface area contributed by atoms with Gasteiger partial charge in [-0.3, -0.25) is 4.68 Å². The summed E-state index contributed by atoms with van der Waals surface area (Å²) in [7, 11) is 1.91. The Kier molecular flexibility index (Phi) is 4.24. The van der Waals surface area contributed by atoms with Crippen molar-refractivity contribution >= 4 is 27.5 Å². The maximum Gasteiger partial charge on any atom is 0.127 e. The zero-order chi connectivity index (χ0) is 15.0.